The molecule has 5 nitrogen and oxygen atoms in total. The van der Waals surface area contributed by atoms with Gasteiger partial charge in [-0.05, 0) is 31.0 Å². The first kappa shape index (κ1) is 14.8. The van der Waals surface area contributed by atoms with Gasteiger partial charge in [0.25, 0.3) is 0 Å². The maximum absolute atomic E-state index is 4.35. The Kier molecular flexibility index (Phi) is 4.95. The summed E-state index contributed by atoms with van der Waals surface area (Å²) in [6.45, 7) is 8.31. The lowest BCUT2D eigenvalue weighted by molar-refractivity contribution is 0.442. The van der Waals surface area contributed by atoms with Crippen molar-refractivity contribution in [1.82, 2.24) is 24.6 Å². The van der Waals surface area contributed by atoms with Crippen LogP contribution in [-0.2, 0) is 13.1 Å². The van der Waals surface area contributed by atoms with Gasteiger partial charge in [-0.1, -0.05) is 20.8 Å². The van der Waals surface area contributed by atoms with Gasteiger partial charge >= 0.3 is 0 Å². The molecule has 0 saturated heterocycles. The molecular weight excluding hydrogens is 250 g/mol. The van der Waals surface area contributed by atoms with Crippen molar-refractivity contribution in [3.8, 4) is 0 Å². The topological polar surface area (TPSA) is 47.7 Å². The minimum absolute atomic E-state index is 0.393. The highest BCUT2D eigenvalue weighted by Gasteiger charge is 2.15. The Hall–Kier alpha value is -1.62. The van der Waals surface area contributed by atoms with Crippen molar-refractivity contribution >= 4 is 0 Å². The van der Waals surface area contributed by atoms with E-state index in [4.69, 9.17) is 0 Å². The zero-order valence-electron chi connectivity index (χ0n) is 12.9. The normalized spacial score (nSPS) is 13.1. The van der Waals surface area contributed by atoms with Gasteiger partial charge in [0.15, 0.2) is 0 Å². The van der Waals surface area contributed by atoms with Crippen LogP contribution in [0.15, 0.2) is 24.8 Å². The maximum Gasteiger partial charge on any atom is 0.146 e. The van der Waals surface area contributed by atoms with Crippen LogP contribution in [0.4, 0.5) is 0 Å². The van der Waals surface area contributed by atoms with Crippen molar-refractivity contribution in [3.05, 3.63) is 36.2 Å². The van der Waals surface area contributed by atoms with Crippen LogP contribution in [0.5, 0.6) is 0 Å². The molecule has 0 spiro atoms. The summed E-state index contributed by atoms with van der Waals surface area (Å²) in [5.41, 5.74) is 1.32. The van der Waals surface area contributed by atoms with E-state index in [0.717, 1.165) is 25.3 Å². The number of rotatable bonds is 7. The van der Waals surface area contributed by atoms with Crippen molar-refractivity contribution in [1.29, 1.82) is 0 Å². The highest BCUT2D eigenvalue weighted by molar-refractivity contribution is 5.16. The summed E-state index contributed by atoms with van der Waals surface area (Å²) >= 11 is 0. The summed E-state index contributed by atoms with van der Waals surface area (Å²) in [7, 11) is 2.01. The van der Waals surface area contributed by atoms with E-state index < -0.39 is 0 Å². The van der Waals surface area contributed by atoms with E-state index in [1.54, 1.807) is 6.33 Å². The van der Waals surface area contributed by atoms with Crippen LogP contribution in [0.2, 0.25) is 0 Å². The monoisotopic (exact) mass is 275 g/mol. The van der Waals surface area contributed by atoms with Crippen LogP contribution >= 0.6 is 0 Å². The van der Waals surface area contributed by atoms with E-state index >= 15 is 0 Å². The maximum atomic E-state index is 4.35. The molecule has 0 aliphatic heterocycles. The Bertz CT molecular complexity index is 526. The third-order valence-electron chi connectivity index (χ3n) is 3.57. The molecular formula is C15H25N5. The van der Waals surface area contributed by atoms with Crippen molar-refractivity contribution in [2.75, 3.05) is 7.05 Å². The summed E-state index contributed by atoms with van der Waals surface area (Å²) in [6.07, 6.45) is 7.03. The average molecular weight is 275 g/mol. The smallest absolute Gasteiger partial charge is 0.146 e. The number of nitrogens with zero attached hydrogens (tertiary/aromatic N) is 4. The first-order valence-electron chi connectivity index (χ1n) is 7.35. The van der Waals surface area contributed by atoms with E-state index in [1.807, 2.05) is 11.7 Å². The lowest BCUT2D eigenvalue weighted by Gasteiger charge is -2.18. The fraction of sp³-hybridized carbons (Fsp3) is 0.600. The second kappa shape index (κ2) is 6.70. The Morgan fingerprint density at radius 1 is 1.35 bits per heavy atom. The summed E-state index contributed by atoms with van der Waals surface area (Å²) in [6, 6.07) is 2.58. The van der Waals surface area contributed by atoms with Gasteiger partial charge in [0.05, 0.1) is 6.54 Å². The largest absolute Gasteiger partial charge is 0.346 e. The molecule has 0 aliphatic rings. The molecule has 1 atom stereocenters. The highest BCUT2D eigenvalue weighted by Crippen LogP contribution is 2.21. The molecule has 1 unspecified atom stereocenters. The molecule has 1 N–H and O–H groups in total. The van der Waals surface area contributed by atoms with Gasteiger partial charge in [0.2, 0.25) is 0 Å². The van der Waals surface area contributed by atoms with Crippen LogP contribution in [0.3, 0.4) is 0 Å². The molecule has 0 aromatic carbocycles. The SMILES string of the molecule is CCCn1ncnc1Cn1ccc(C(NC)C(C)C)c1. The second-order valence-corrected chi connectivity index (χ2v) is 5.53. The molecule has 0 fully saturated rings. The summed E-state index contributed by atoms with van der Waals surface area (Å²) in [5, 5.41) is 7.64. The fourth-order valence-corrected chi connectivity index (χ4v) is 2.60. The molecule has 2 heterocycles. The average Bonchev–Trinajstić information content (AvgIpc) is 3.02. The third kappa shape index (κ3) is 3.28. The van der Waals surface area contributed by atoms with Crippen molar-refractivity contribution in [2.45, 2.75) is 46.3 Å². The number of aromatic nitrogens is 4. The molecule has 5 heteroatoms. The predicted molar refractivity (Wildman–Crippen MR) is 80.5 cm³/mol. The fourth-order valence-electron chi connectivity index (χ4n) is 2.60. The number of aryl methyl sites for hydroxylation is 1. The van der Waals surface area contributed by atoms with Crippen LogP contribution < -0.4 is 5.32 Å². The Labute approximate surface area is 121 Å². The Morgan fingerprint density at radius 2 is 2.15 bits per heavy atom. The van der Waals surface area contributed by atoms with E-state index in [0.29, 0.717) is 12.0 Å². The Balaban J connectivity index is 2.11. The van der Waals surface area contributed by atoms with Gasteiger partial charge in [-0.25, -0.2) is 9.67 Å². The number of nitrogens with one attached hydrogen (secondary N) is 1. The molecule has 0 saturated carbocycles. The molecule has 0 aliphatic carbocycles. The first-order valence-corrected chi connectivity index (χ1v) is 7.35. The quantitative estimate of drug-likeness (QED) is 0.844. The molecule has 110 valence electrons. The van der Waals surface area contributed by atoms with E-state index in [1.165, 1.54) is 5.56 Å². The van der Waals surface area contributed by atoms with Gasteiger partial charge in [-0.2, -0.15) is 5.10 Å². The molecule has 0 radical (unpaired) electrons. The Morgan fingerprint density at radius 3 is 2.80 bits per heavy atom. The molecule has 0 bridgehead atoms. The molecule has 20 heavy (non-hydrogen) atoms. The first-order chi connectivity index (χ1) is 9.65. The minimum atomic E-state index is 0.393. The molecule has 2 aromatic heterocycles. The summed E-state index contributed by atoms with van der Waals surface area (Å²) in [5.74, 6) is 1.58. The second-order valence-electron chi connectivity index (χ2n) is 5.53. The van der Waals surface area contributed by atoms with E-state index in [2.05, 4.69) is 59.2 Å². The predicted octanol–water partition coefficient (Wildman–Crippen LogP) is 2.45. The van der Waals surface area contributed by atoms with Crippen molar-refractivity contribution in [3.63, 3.8) is 0 Å². The lowest BCUT2D eigenvalue weighted by atomic mass is 9.99. The van der Waals surface area contributed by atoms with E-state index in [-0.39, 0.29) is 0 Å². The van der Waals surface area contributed by atoms with Crippen LogP contribution in [0.1, 0.15) is 44.6 Å². The minimum Gasteiger partial charge on any atom is -0.346 e. The molecule has 2 rings (SSSR count). The van der Waals surface area contributed by atoms with Gasteiger partial charge in [-0.15, -0.1) is 0 Å². The third-order valence-corrected chi connectivity index (χ3v) is 3.57. The summed E-state index contributed by atoms with van der Waals surface area (Å²) < 4.78 is 4.16. The van der Waals surface area contributed by atoms with Gasteiger partial charge in [0.1, 0.15) is 12.2 Å². The van der Waals surface area contributed by atoms with Crippen molar-refractivity contribution < 1.29 is 0 Å². The van der Waals surface area contributed by atoms with Gasteiger partial charge in [0, 0.05) is 25.0 Å². The van der Waals surface area contributed by atoms with Crippen LogP contribution in [0.25, 0.3) is 0 Å². The zero-order valence-corrected chi connectivity index (χ0v) is 12.9. The standard InChI is InChI=1S/C15H25N5/c1-5-7-20-14(17-11-18-20)10-19-8-6-13(9-19)15(16-4)12(2)3/h6,8-9,11-12,15-16H,5,7,10H2,1-4H3. The van der Waals surface area contributed by atoms with E-state index in [9.17, 15) is 0 Å². The van der Waals surface area contributed by atoms with Gasteiger partial charge in [-0.3, -0.25) is 0 Å². The lowest BCUT2D eigenvalue weighted by Crippen LogP contribution is -2.21. The van der Waals surface area contributed by atoms with Crippen molar-refractivity contribution in [2.24, 2.45) is 5.92 Å². The molecule has 2 aromatic rings. The summed E-state index contributed by atoms with van der Waals surface area (Å²) in [4.78, 5) is 4.35. The zero-order chi connectivity index (χ0) is 14.5. The van der Waals surface area contributed by atoms with Gasteiger partial charge < -0.3 is 9.88 Å². The van der Waals surface area contributed by atoms with Crippen LogP contribution in [-0.4, -0.2) is 26.4 Å². The molecule has 0 amide bonds. The highest BCUT2D eigenvalue weighted by atomic mass is 15.3. The number of hydrogen-bond donors (Lipinski definition) is 1. The van der Waals surface area contributed by atoms with Crippen LogP contribution in [0, 0.1) is 5.92 Å². The number of hydrogen-bond acceptors (Lipinski definition) is 3.